The number of hydrogen-bond donors (Lipinski definition) is 0. The lowest BCUT2D eigenvalue weighted by molar-refractivity contribution is -0.136. The molecule has 0 aliphatic carbocycles. The number of carbonyl (C=O) groups excluding carboxylic acids is 2. The Morgan fingerprint density at radius 3 is 2.57 bits per heavy atom. The zero-order valence-electron chi connectivity index (χ0n) is 13.0. The van der Waals surface area contributed by atoms with Crippen LogP contribution in [0.2, 0.25) is 0 Å². The Morgan fingerprint density at radius 2 is 1.96 bits per heavy atom. The predicted molar refractivity (Wildman–Crippen MR) is 86.7 cm³/mol. The molecular weight excluding hydrogens is 316 g/mol. The van der Waals surface area contributed by atoms with Gasteiger partial charge in [-0.25, -0.2) is 8.42 Å². The van der Waals surface area contributed by atoms with Crippen LogP contribution < -0.4 is 4.90 Å². The molecule has 2 saturated heterocycles. The fraction of sp³-hybridized carbons (Fsp3) is 0.500. The van der Waals surface area contributed by atoms with Crippen molar-refractivity contribution < 1.29 is 18.0 Å². The highest BCUT2D eigenvalue weighted by molar-refractivity contribution is 7.91. The van der Waals surface area contributed by atoms with Crippen molar-refractivity contribution in [3.05, 3.63) is 30.3 Å². The molecule has 7 heteroatoms. The van der Waals surface area contributed by atoms with E-state index in [9.17, 15) is 18.0 Å². The first kappa shape index (κ1) is 16.0. The average molecular weight is 336 g/mol. The molecule has 1 aromatic rings. The second kappa shape index (κ2) is 5.96. The van der Waals surface area contributed by atoms with Gasteiger partial charge in [-0.3, -0.25) is 9.59 Å². The van der Waals surface area contributed by atoms with Crippen LogP contribution in [0.25, 0.3) is 0 Å². The molecule has 2 atom stereocenters. The van der Waals surface area contributed by atoms with Gasteiger partial charge in [0.05, 0.1) is 17.4 Å². The lowest BCUT2D eigenvalue weighted by Crippen LogP contribution is -2.42. The zero-order valence-corrected chi connectivity index (χ0v) is 13.8. The Kier molecular flexibility index (Phi) is 4.14. The summed E-state index contributed by atoms with van der Waals surface area (Å²) in [5.74, 6) is -0.454. The summed E-state index contributed by atoms with van der Waals surface area (Å²) < 4.78 is 23.2. The van der Waals surface area contributed by atoms with E-state index in [0.717, 1.165) is 5.69 Å². The van der Waals surface area contributed by atoms with E-state index < -0.39 is 15.8 Å². The number of para-hydroxylation sites is 1. The summed E-state index contributed by atoms with van der Waals surface area (Å²) in [5, 5.41) is 0. The van der Waals surface area contributed by atoms with E-state index >= 15 is 0 Å². The Balaban J connectivity index is 1.68. The van der Waals surface area contributed by atoms with Gasteiger partial charge in [-0.1, -0.05) is 18.2 Å². The van der Waals surface area contributed by atoms with Crippen LogP contribution in [0.4, 0.5) is 5.69 Å². The van der Waals surface area contributed by atoms with E-state index in [1.54, 1.807) is 11.9 Å². The molecule has 2 heterocycles. The Bertz CT molecular complexity index is 717. The molecule has 124 valence electrons. The molecule has 0 aromatic heterocycles. The van der Waals surface area contributed by atoms with Crippen molar-refractivity contribution >= 4 is 27.3 Å². The van der Waals surface area contributed by atoms with Gasteiger partial charge in [-0.05, 0) is 18.6 Å². The summed E-state index contributed by atoms with van der Waals surface area (Å²) in [6.07, 6.45) is 0.658. The van der Waals surface area contributed by atoms with Crippen molar-refractivity contribution in [2.45, 2.75) is 18.9 Å². The standard InChI is InChI=1S/C16H20N2O4S/c1-17(14-7-8-23(21,22)11-14)16(20)12-9-15(19)18(10-12)13-5-3-2-4-6-13/h2-6,12,14H,7-11H2,1H3/t12-,14+/m1/s1. The minimum absolute atomic E-state index is 0.0261. The monoisotopic (exact) mass is 336 g/mol. The Hall–Kier alpha value is -1.89. The largest absolute Gasteiger partial charge is 0.341 e. The van der Waals surface area contributed by atoms with Gasteiger partial charge in [0.25, 0.3) is 0 Å². The van der Waals surface area contributed by atoms with Crippen LogP contribution in [0, 0.1) is 5.92 Å². The maximum atomic E-state index is 12.6. The molecule has 0 unspecified atom stereocenters. The topological polar surface area (TPSA) is 74.8 Å². The van der Waals surface area contributed by atoms with Crippen LogP contribution >= 0.6 is 0 Å². The van der Waals surface area contributed by atoms with Crippen LogP contribution in [-0.2, 0) is 19.4 Å². The maximum Gasteiger partial charge on any atom is 0.228 e. The van der Waals surface area contributed by atoms with Crippen molar-refractivity contribution in [3.8, 4) is 0 Å². The first-order valence-electron chi connectivity index (χ1n) is 7.70. The smallest absolute Gasteiger partial charge is 0.228 e. The Labute approximate surface area is 136 Å². The number of anilines is 1. The molecule has 0 N–H and O–H groups in total. The molecule has 23 heavy (non-hydrogen) atoms. The summed E-state index contributed by atoms with van der Waals surface area (Å²) in [6, 6.07) is 9.01. The van der Waals surface area contributed by atoms with Crippen LogP contribution in [0.1, 0.15) is 12.8 Å². The predicted octanol–water partition coefficient (Wildman–Crippen LogP) is 0.685. The van der Waals surface area contributed by atoms with Crippen molar-refractivity contribution in [1.29, 1.82) is 0 Å². The summed E-state index contributed by atoms with van der Waals surface area (Å²) in [6.45, 7) is 0.353. The second-order valence-corrected chi connectivity index (χ2v) is 8.48. The Morgan fingerprint density at radius 1 is 1.26 bits per heavy atom. The molecule has 0 spiro atoms. The third-order valence-electron chi connectivity index (χ3n) is 4.65. The minimum atomic E-state index is -3.03. The van der Waals surface area contributed by atoms with Gasteiger partial charge in [-0.15, -0.1) is 0 Å². The van der Waals surface area contributed by atoms with Gasteiger partial charge in [0.2, 0.25) is 11.8 Å². The number of nitrogens with zero attached hydrogens (tertiary/aromatic N) is 2. The number of rotatable bonds is 3. The van der Waals surface area contributed by atoms with Gasteiger partial charge in [0.1, 0.15) is 0 Å². The highest BCUT2D eigenvalue weighted by atomic mass is 32.2. The molecule has 2 aliphatic rings. The van der Waals surface area contributed by atoms with E-state index in [-0.39, 0.29) is 35.8 Å². The van der Waals surface area contributed by atoms with E-state index in [1.807, 2.05) is 30.3 Å². The zero-order chi connectivity index (χ0) is 16.6. The molecule has 2 amide bonds. The van der Waals surface area contributed by atoms with Gasteiger partial charge < -0.3 is 9.80 Å². The number of hydrogen-bond acceptors (Lipinski definition) is 4. The molecule has 3 rings (SSSR count). The summed E-state index contributed by atoms with van der Waals surface area (Å²) >= 11 is 0. The van der Waals surface area contributed by atoms with Crippen molar-refractivity contribution in [1.82, 2.24) is 4.90 Å². The van der Waals surface area contributed by atoms with Gasteiger partial charge in [0.15, 0.2) is 9.84 Å². The van der Waals surface area contributed by atoms with E-state index in [4.69, 9.17) is 0 Å². The lowest BCUT2D eigenvalue weighted by Gasteiger charge is -2.26. The number of carbonyl (C=O) groups is 2. The van der Waals surface area contributed by atoms with E-state index in [1.165, 1.54) is 4.90 Å². The van der Waals surface area contributed by atoms with Crippen LogP contribution in [0.15, 0.2) is 30.3 Å². The van der Waals surface area contributed by atoms with Crippen molar-refractivity contribution in [2.75, 3.05) is 30.0 Å². The molecule has 0 saturated carbocycles. The maximum absolute atomic E-state index is 12.6. The first-order chi connectivity index (χ1) is 10.9. The van der Waals surface area contributed by atoms with Crippen molar-refractivity contribution in [2.24, 2.45) is 5.92 Å². The summed E-state index contributed by atoms with van der Waals surface area (Å²) in [7, 11) is -1.39. The molecule has 0 bridgehead atoms. The van der Waals surface area contributed by atoms with Gasteiger partial charge >= 0.3 is 0 Å². The van der Waals surface area contributed by atoms with Crippen LogP contribution in [-0.4, -0.2) is 56.3 Å². The molecular formula is C16H20N2O4S. The summed E-state index contributed by atoms with van der Waals surface area (Å²) in [4.78, 5) is 28.0. The normalized spacial score (nSPS) is 26.5. The SMILES string of the molecule is CN(C(=O)[C@@H]1CC(=O)N(c2ccccc2)C1)[C@H]1CCS(=O)(=O)C1. The van der Waals surface area contributed by atoms with E-state index in [0.29, 0.717) is 13.0 Å². The molecule has 2 aliphatic heterocycles. The van der Waals surface area contributed by atoms with Crippen LogP contribution in [0.3, 0.4) is 0 Å². The number of benzene rings is 1. The third kappa shape index (κ3) is 3.24. The highest BCUT2D eigenvalue weighted by Gasteiger charge is 2.40. The molecule has 0 radical (unpaired) electrons. The average Bonchev–Trinajstić information content (AvgIpc) is 3.09. The molecule has 1 aromatic carbocycles. The fourth-order valence-corrected chi connectivity index (χ4v) is 5.05. The van der Waals surface area contributed by atoms with Crippen LogP contribution in [0.5, 0.6) is 0 Å². The fourth-order valence-electron chi connectivity index (χ4n) is 3.28. The quantitative estimate of drug-likeness (QED) is 0.814. The lowest BCUT2D eigenvalue weighted by atomic mass is 10.1. The minimum Gasteiger partial charge on any atom is -0.341 e. The van der Waals surface area contributed by atoms with Crippen molar-refractivity contribution in [3.63, 3.8) is 0 Å². The molecule has 6 nitrogen and oxygen atoms in total. The second-order valence-electron chi connectivity index (χ2n) is 6.25. The molecule has 2 fully saturated rings. The van der Waals surface area contributed by atoms with E-state index in [2.05, 4.69) is 0 Å². The van der Waals surface area contributed by atoms with Gasteiger partial charge in [0, 0.05) is 31.7 Å². The third-order valence-corrected chi connectivity index (χ3v) is 6.40. The number of sulfone groups is 1. The summed E-state index contributed by atoms with van der Waals surface area (Å²) in [5.41, 5.74) is 0.791. The first-order valence-corrected chi connectivity index (χ1v) is 9.52. The van der Waals surface area contributed by atoms with Gasteiger partial charge in [-0.2, -0.15) is 0 Å². The highest BCUT2D eigenvalue weighted by Crippen LogP contribution is 2.27. The number of amides is 2.